The zero-order chi connectivity index (χ0) is 66.0. The first kappa shape index (κ1) is 55.7. The maximum atomic E-state index is 13.2. The molecule has 0 bridgehead atoms. The average molecular weight is 1270 g/mol. The molecule has 2 aliphatic rings. The molecule has 100 heavy (non-hydrogen) atoms. The topological polar surface area (TPSA) is 47.9 Å². The van der Waals surface area contributed by atoms with Gasteiger partial charge in [-0.15, -0.1) is 0 Å². The van der Waals surface area contributed by atoms with E-state index in [9.17, 15) is 11.8 Å². The molecule has 4 aromatic heterocycles. The molecule has 6 heteroatoms. The van der Waals surface area contributed by atoms with E-state index in [-0.39, 0.29) is 0 Å². The maximum Gasteiger partial charge on any atom is 0.237 e. The lowest BCUT2D eigenvalue weighted by Crippen LogP contribution is -2.28. The molecule has 0 N–H and O–H groups in total. The predicted octanol–water partition coefficient (Wildman–Crippen LogP) is 23.2. The van der Waals surface area contributed by atoms with Crippen molar-refractivity contribution in [3.05, 3.63) is 401 Å². The lowest BCUT2D eigenvalue weighted by atomic mass is 9.67. The Morgan fingerprint density at radius 1 is 0.260 bits per heavy atom. The molecule has 0 saturated carbocycles. The Hall–Kier alpha value is -13.5. The summed E-state index contributed by atoms with van der Waals surface area (Å²) in [5, 5.41) is 21.6. The molecule has 0 aliphatic heterocycles. The van der Waals surface area contributed by atoms with Crippen LogP contribution in [0.3, 0.4) is 0 Å². The van der Waals surface area contributed by atoms with Gasteiger partial charge in [0.05, 0.1) is 89.8 Å². The van der Waals surface area contributed by atoms with Crippen molar-refractivity contribution < 1.29 is 0 Å². The van der Waals surface area contributed by atoms with Gasteiger partial charge in [-0.25, -0.2) is 4.85 Å². The van der Waals surface area contributed by atoms with Gasteiger partial charge in [0, 0.05) is 43.1 Å². The first-order chi connectivity index (χ1) is 49.6. The summed E-state index contributed by atoms with van der Waals surface area (Å²) in [6.07, 6.45) is 0. The van der Waals surface area contributed by atoms with Gasteiger partial charge in [-0.05, 0) is 115 Å². The van der Waals surface area contributed by atoms with E-state index in [1.165, 1.54) is 33.4 Å². The monoisotopic (exact) mass is 1270 g/mol. The van der Waals surface area contributed by atoms with E-state index in [1.807, 2.05) is 0 Å². The second-order valence-corrected chi connectivity index (χ2v) is 26.6. The van der Waals surface area contributed by atoms with Crippen molar-refractivity contribution in [1.29, 1.82) is 5.26 Å². The molecule has 15 aromatic carbocycles. The summed E-state index contributed by atoms with van der Waals surface area (Å²) in [5.41, 5.74) is 22.9. The van der Waals surface area contributed by atoms with E-state index in [0.717, 1.165) is 121 Å². The molecule has 0 atom stereocenters. The summed E-state index contributed by atoms with van der Waals surface area (Å²) < 4.78 is 9.46. The number of benzene rings is 15. The standard InChI is InChI=1S/C94H56N6/c1-96-88-89(97-76-48-24-16-40-65(76)66-41-17-25-49-77(66)97)73(58-95)90(99-80-52-28-20-44-71(80)84-82(99)56-54-69-63-38-14-22-46-74(63)93(86(69)84,59-30-6-2-7-31-59)60-32-8-3-9-33-60)92(98-78-50-26-18-42-67(78)68-43-19-27-51-79(68)98)91(88)100-81-53-29-21-45-72(81)85-83(100)57-55-70-64-39-15-23-47-75(64)94(87(70)85,61-34-10-4-11-35-61)62-36-12-5-13-37-62/h2-57H. The van der Waals surface area contributed by atoms with Crippen LogP contribution in [0, 0.1) is 17.9 Å². The van der Waals surface area contributed by atoms with E-state index in [2.05, 4.69) is 364 Å². The zero-order valence-corrected chi connectivity index (χ0v) is 54.0. The highest BCUT2D eigenvalue weighted by Gasteiger charge is 2.50. The van der Waals surface area contributed by atoms with Crippen LogP contribution in [0.15, 0.2) is 340 Å². The Bertz CT molecular complexity index is 6310. The Morgan fingerprint density at radius 2 is 0.550 bits per heavy atom. The van der Waals surface area contributed by atoms with Crippen molar-refractivity contribution in [3.8, 4) is 51.1 Å². The van der Waals surface area contributed by atoms with Crippen molar-refractivity contribution in [3.63, 3.8) is 0 Å². The fourth-order valence-electron chi connectivity index (χ4n) is 18.6. The third-order valence-electron chi connectivity index (χ3n) is 22.1. The fourth-order valence-corrected chi connectivity index (χ4v) is 18.6. The predicted molar refractivity (Wildman–Crippen MR) is 409 cm³/mol. The molecule has 19 aromatic rings. The Balaban J connectivity index is 1.03. The van der Waals surface area contributed by atoms with Crippen LogP contribution in [-0.4, -0.2) is 18.3 Å². The number of fused-ring (bicyclic) bond motifs is 20. The van der Waals surface area contributed by atoms with Crippen LogP contribution in [0.25, 0.3) is 137 Å². The van der Waals surface area contributed by atoms with Crippen LogP contribution in [0.2, 0.25) is 0 Å². The highest BCUT2D eigenvalue weighted by atomic mass is 15.1. The van der Waals surface area contributed by atoms with Crippen LogP contribution in [0.5, 0.6) is 0 Å². The lowest BCUT2D eigenvalue weighted by molar-refractivity contribution is 0.776. The Labute approximate surface area is 576 Å². The Morgan fingerprint density at radius 3 is 0.910 bits per heavy atom. The van der Waals surface area contributed by atoms with Gasteiger partial charge in [0.25, 0.3) is 0 Å². The molecule has 0 spiro atoms. The van der Waals surface area contributed by atoms with Crippen LogP contribution in [0.4, 0.5) is 5.69 Å². The molecule has 0 radical (unpaired) electrons. The van der Waals surface area contributed by atoms with Crippen LogP contribution in [0.1, 0.15) is 50.1 Å². The summed E-state index contributed by atoms with van der Waals surface area (Å²) in [6, 6.07) is 126. The highest BCUT2D eigenvalue weighted by Crippen LogP contribution is 2.63. The smallest absolute Gasteiger partial charge is 0.237 e. The SMILES string of the molecule is [C-]#[N+]c1c(-n2c3ccccc3c3ccccc32)c(C#N)c(-n2c3ccccc3c3c4c(ccc32)-c2ccccc2C4(c2ccccc2)c2ccccc2)c(-n2c3ccccc3c3ccccc32)c1-n1c2ccccc2c2c3c(ccc21)-c1ccccc1C3(c1ccccc1)c1ccccc1. The molecule has 0 fully saturated rings. The van der Waals surface area contributed by atoms with Crippen molar-refractivity contribution >= 4 is 92.9 Å². The maximum absolute atomic E-state index is 13.2. The normalized spacial score (nSPS) is 13.3. The minimum Gasteiger partial charge on any atom is -0.318 e. The largest absolute Gasteiger partial charge is 0.318 e. The fraction of sp³-hybridized carbons (Fsp3) is 0.0213. The highest BCUT2D eigenvalue weighted by molar-refractivity contribution is 6.20. The first-order valence-corrected chi connectivity index (χ1v) is 34.2. The van der Waals surface area contributed by atoms with Gasteiger partial charge < -0.3 is 18.3 Å². The molecular formula is C94H56N6. The lowest BCUT2D eigenvalue weighted by Gasteiger charge is -2.34. The molecule has 21 rings (SSSR count). The summed E-state index contributed by atoms with van der Waals surface area (Å²) in [6.45, 7) is 10.3. The van der Waals surface area contributed by atoms with Gasteiger partial charge in [-0.3, -0.25) is 0 Å². The summed E-state index contributed by atoms with van der Waals surface area (Å²) >= 11 is 0. The molecule has 4 heterocycles. The summed E-state index contributed by atoms with van der Waals surface area (Å²) in [7, 11) is 0. The second-order valence-electron chi connectivity index (χ2n) is 26.6. The van der Waals surface area contributed by atoms with E-state index < -0.39 is 10.8 Å². The number of hydrogen-bond acceptors (Lipinski definition) is 1. The molecule has 0 unspecified atom stereocenters. The molecule has 6 nitrogen and oxygen atoms in total. The minimum atomic E-state index is -0.790. The van der Waals surface area contributed by atoms with Crippen molar-refractivity contribution in [2.75, 3.05) is 0 Å². The van der Waals surface area contributed by atoms with E-state index in [1.54, 1.807) is 0 Å². The number of para-hydroxylation sites is 6. The van der Waals surface area contributed by atoms with E-state index in [4.69, 9.17) is 4.85 Å². The van der Waals surface area contributed by atoms with E-state index >= 15 is 0 Å². The quantitative estimate of drug-likeness (QED) is 0.140. The third-order valence-corrected chi connectivity index (χ3v) is 22.1. The van der Waals surface area contributed by atoms with Crippen LogP contribution >= 0.6 is 0 Å². The number of nitriles is 1. The van der Waals surface area contributed by atoms with Crippen molar-refractivity contribution in [1.82, 2.24) is 18.3 Å². The minimum absolute atomic E-state index is 0.330. The average Bonchev–Trinajstić information content (AvgIpc) is 1.38. The number of rotatable bonds is 8. The summed E-state index contributed by atoms with van der Waals surface area (Å²) in [5.74, 6) is 0. The van der Waals surface area contributed by atoms with Crippen molar-refractivity contribution in [2.24, 2.45) is 0 Å². The Kier molecular flexibility index (Phi) is 11.7. The van der Waals surface area contributed by atoms with Gasteiger partial charge in [-0.1, -0.05) is 291 Å². The van der Waals surface area contributed by atoms with E-state index in [0.29, 0.717) is 34.0 Å². The molecular weight excluding hydrogens is 1210 g/mol. The molecule has 462 valence electrons. The van der Waals surface area contributed by atoms with Gasteiger partial charge in [0.15, 0.2) is 0 Å². The number of aromatic nitrogens is 4. The molecule has 2 aliphatic carbocycles. The van der Waals surface area contributed by atoms with Crippen molar-refractivity contribution in [2.45, 2.75) is 10.8 Å². The second kappa shape index (κ2) is 21.0. The van der Waals surface area contributed by atoms with Gasteiger partial charge >= 0.3 is 0 Å². The van der Waals surface area contributed by atoms with Gasteiger partial charge in [-0.2, -0.15) is 5.26 Å². The summed E-state index contributed by atoms with van der Waals surface area (Å²) in [4.78, 5) is 5.02. The molecule has 0 amide bonds. The van der Waals surface area contributed by atoms with Gasteiger partial charge in [0.1, 0.15) is 6.07 Å². The molecule has 0 saturated heterocycles. The number of nitrogens with zero attached hydrogens (tertiary/aromatic N) is 6. The van der Waals surface area contributed by atoms with Crippen LogP contribution < -0.4 is 0 Å². The van der Waals surface area contributed by atoms with Crippen LogP contribution in [-0.2, 0) is 10.8 Å². The third kappa shape index (κ3) is 7.07. The first-order valence-electron chi connectivity index (χ1n) is 34.2. The zero-order valence-electron chi connectivity index (χ0n) is 54.0. The van der Waals surface area contributed by atoms with Gasteiger partial charge in [0.2, 0.25) is 5.69 Å². The number of hydrogen-bond donors (Lipinski definition) is 0.